The maximum atomic E-state index is 11.6. The Hall–Kier alpha value is -2.71. The van der Waals surface area contributed by atoms with Crippen molar-refractivity contribution in [1.82, 2.24) is 15.3 Å². The standard InChI is InChI=1S/C16H20N4O4/c1-10-12(7-18-15(17)20-10)14(22)13(21)8-19-16(23)24-9-11-5-3-2-4-6-11/h2-7,13-14,21-22H,8-9H2,1H3,(H,19,23)(H2,17,18,20). The molecule has 0 saturated heterocycles. The number of carbonyl (C=O) groups is 1. The maximum Gasteiger partial charge on any atom is 0.407 e. The number of nitrogen functional groups attached to an aromatic ring is 1. The molecule has 8 heteroatoms. The fourth-order valence-corrected chi connectivity index (χ4v) is 2.07. The Labute approximate surface area is 139 Å². The summed E-state index contributed by atoms with van der Waals surface area (Å²) in [5, 5.41) is 22.5. The van der Waals surface area contributed by atoms with Crippen LogP contribution in [0.3, 0.4) is 0 Å². The molecule has 1 heterocycles. The molecular formula is C16H20N4O4. The Morgan fingerprint density at radius 2 is 2.04 bits per heavy atom. The molecule has 1 aromatic carbocycles. The molecule has 0 bridgehead atoms. The number of hydrogen-bond donors (Lipinski definition) is 4. The number of aromatic nitrogens is 2. The summed E-state index contributed by atoms with van der Waals surface area (Å²) in [7, 11) is 0. The quantitative estimate of drug-likeness (QED) is 0.612. The number of aliphatic hydroxyl groups excluding tert-OH is 2. The van der Waals surface area contributed by atoms with Crippen LogP contribution in [0, 0.1) is 6.92 Å². The van der Waals surface area contributed by atoms with Crippen LogP contribution in [0.25, 0.3) is 0 Å². The number of hydrogen-bond acceptors (Lipinski definition) is 7. The number of aryl methyl sites for hydroxylation is 1. The first-order chi connectivity index (χ1) is 11.5. The highest BCUT2D eigenvalue weighted by molar-refractivity contribution is 5.67. The van der Waals surface area contributed by atoms with Gasteiger partial charge in [0.15, 0.2) is 0 Å². The highest BCUT2D eigenvalue weighted by Gasteiger charge is 2.22. The van der Waals surface area contributed by atoms with Crippen molar-refractivity contribution in [1.29, 1.82) is 0 Å². The van der Waals surface area contributed by atoms with Crippen molar-refractivity contribution in [3.63, 3.8) is 0 Å². The minimum absolute atomic E-state index is 0.0838. The normalized spacial score (nSPS) is 13.1. The summed E-state index contributed by atoms with van der Waals surface area (Å²) in [6.07, 6.45) is -1.82. The van der Waals surface area contributed by atoms with Crippen molar-refractivity contribution in [2.45, 2.75) is 25.7 Å². The van der Waals surface area contributed by atoms with Crippen LogP contribution < -0.4 is 11.1 Å². The lowest BCUT2D eigenvalue weighted by Gasteiger charge is -2.19. The van der Waals surface area contributed by atoms with Gasteiger partial charge in [-0.3, -0.25) is 0 Å². The van der Waals surface area contributed by atoms with Gasteiger partial charge in [-0.1, -0.05) is 30.3 Å². The number of ether oxygens (including phenoxy) is 1. The third-order valence-corrected chi connectivity index (χ3v) is 3.39. The lowest BCUT2D eigenvalue weighted by atomic mass is 10.1. The third-order valence-electron chi connectivity index (χ3n) is 3.39. The van der Waals surface area contributed by atoms with Gasteiger partial charge >= 0.3 is 6.09 Å². The molecule has 0 aliphatic rings. The van der Waals surface area contributed by atoms with Crippen LogP contribution in [0.1, 0.15) is 22.9 Å². The van der Waals surface area contributed by atoms with E-state index in [1.165, 1.54) is 6.20 Å². The summed E-state index contributed by atoms with van der Waals surface area (Å²) in [6, 6.07) is 9.21. The van der Waals surface area contributed by atoms with Crippen LogP contribution in [0.15, 0.2) is 36.5 Å². The van der Waals surface area contributed by atoms with Crippen LogP contribution in [0.5, 0.6) is 0 Å². The van der Waals surface area contributed by atoms with Crippen LogP contribution in [0.4, 0.5) is 10.7 Å². The van der Waals surface area contributed by atoms with E-state index in [-0.39, 0.29) is 19.1 Å². The number of anilines is 1. The third kappa shape index (κ3) is 4.90. The topological polar surface area (TPSA) is 131 Å². The number of nitrogens with one attached hydrogen (secondary N) is 1. The zero-order valence-corrected chi connectivity index (χ0v) is 13.2. The number of amides is 1. The Kier molecular flexibility index (Phi) is 6.05. The van der Waals surface area contributed by atoms with E-state index in [2.05, 4.69) is 15.3 Å². The van der Waals surface area contributed by atoms with E-state index in [1.54, 1.807) is 6.92 Å². The molecular weight excluding hydrogens is 312 g/mol. The first kappa shape index (κ1) is 17.6. The lowest BCUT2D eigenvalue weighted by molar-refractivity contribution is 0.0176. The predicted octanol–water partition coefficient (Wildman–Crippen LogP) is 0.688. The SMILES string of the molecule is Cc1nc(N)ncc1C(O)C(O)CNC(=O)OCc1ccccc1. The van der Waals surface area contributed by atoms with Crippen molar-refractivity contribution >= 4 is 12.0 Å². The van der Waals surface area contributed by atoms with Gasteiger partial charge in [0.25, 0.3) is 0 Å². The van der Waals surface area contributed by atoms with Crippen molar-refractivity contribution in [2.75, 3.05) is 12.3 Å². The Balaban J connectivity index is 1.81. The molecule has 1 amide bonds. The number of benzene rings is 1. The summed E-state index contributed by atoms with van der Waals surface area (Å²) >= 11 is 0. The second-order valence-electron chi connectivity index (χ2n) is 5.22. The predicted molar refractivity (Wildman–Crippen MR) is 86.8 cm³/mol. The zero-order chi connectivity index (χ0) is 17.5. The molecule has 0 aliphatic heterocycles. The highest BCUT2D eigenvalue weighted by atomic mass is 16.5. The van der Waals surface area contributed by atoms with E-state index in [9.17, 15) is 15.0 Å². The van der Waals surface area contributed by atoms with Crippen molar-refractivity contribution in [3.05, 3.63) is 53.3 Å². The maximum absolute atomic E-state index is 11.6. The van der Waals surface area contributed by atoms with Gasteiger partial charge in [-0.2, -0.15) is 0 Å². The highest BCUT2D eigenvalue weighted by Crippen LogP contribution is 2.19. The molecule has 24 heavy (non-hydrogen) atoms. The molecule has 0 spiro atoms. The number of aliphatic hydroxyl groups is 2. The lowest BCUT2D eigenvalue weighted by Crippen LogP contribution is -2.36. The number of alkyl carbamates (subject to hydrolysis) is 1. The van der Waals surface area contributed by atoms with E-state index in [0.29, 0.717) is 11.3 Å². The van der Waals surface area contributed by atoms with Crippen LogP contribution >= 0.6 is 0 Å². The van der Waals surface area contributed by atoms with Gasteiger partial charge in [0.1, 0.15) is 18.8 Å². The molecule has 2 aromatic rings. The molecule has 2 rings (SSSR count). The number of nitrogens with zero attached hydrogens (tertiary/aromatic N) is 2. The fraction of sp³-hybridized carbons (Fsp3) is 0.312. The van der Waals surface area contributed by atoms with E-state index < -0.39 is 18.3 Å². The van der Waals surface area contributed by atoms with Crippen LogP contribution in [0.2, 0.25) is 0 Å². The van der Waals surface area contributed by atoms with E-state index in [4.69, 9.17) is 10.5 Å². The second-order valence-corrected chi connectivity index (χ2v) is 5.22. The Bertz CT molecular complexity index is 681. The smallest absolute Gasteiger partial charge is 0.407 e. The fourth-order valence-electron chi connectivity index (χ4n) is 2.07. The summed E-state index contributed by atoms with van der Waals surface area (Å²) < 4.78 is 5.02. The van der Waals surface area contributed by atoms with Gasteiger partial charge in [0.2, 0.25) is 5.95 Å². The summed E-state index contributed by atoms with van der Waals surface area (Å²) in [5.41, 5.74) is 7.10. The molecule has 0 aliphatic carbocycles. The molecule has 1 aromatic heterocycles. The first-order valence-electron chi connectivity index (χ1n) is 7.37. The first-order valence-corrected chi connectivity index (χ1v) is 7.37. The van der Waals surface area contributed by atoms with E-state index in [0.717, 1.165) is 5.56 Å². The largest absolute Gasteiger partial charge is 0.445 e. The van der Waals surface area contributed by atoms with E-state index >= 15 is 0 Å². The molecule has 2 unspecified atom stereocenters. The van der Waals surface area contributed by atoms with Crippen LogP contribution in [-0.4, -0.2) is 38.9 Å². The monoisotopic (exact) mass is 332 g/mol. The zero-order valence-electron chi connectivity index (χ0n) is 13.2. The van der Waals surface area contributed by atoms with Gasteiger partial charge in [-0.05, 0) is 12.5 Å². The van der Waals surface area contributed by atoms with Gasteiger partial charge < -0.3 is 26.0 Å². The minimum atomic E-state index is -1.25. The van der Waals surface area contributed by atoms with E-state index in [1.807, 2.05) is 30.3 Å². The molecule has 2 atom stereocenters. The number of nitrogens with two attached hydrogens (primary N) is 1. The van der Waals surface area contributed by atoms with Crippen LogP contribution in [-0.2, 0) is 11.3 Å². The van der Waals surface area contributed by atoms with Crippen molar-refractivity contribution in [3.8, 4) is 0 Å². The average Bonchev–Trinajstić information content (AvgIpc) is 2.58. The molecule has 0 fully saturated rings. The second kappa shape index (κ2) is 8.23. The van der Waals surface area contributed by atoms with Crippen molar-refractivity contribution in [2.24, 2.45) is 0 Å². The number of rotatable bonds is 6. The van der Waals surface area contributed by atoms with Gasteiger partial charge in [-0.25, -0.2) is 14.8 Å². The molecule has 5 N–H and O–H groups in total. The van der Waals surface area contributed by atoms with Gasteiger partial charge in [0.05, 0.1) is 0 Å². The Morgan fingerprint density at radius 1 is 1.33 bits per heavy atom. The molecule has 8 nitrogen and oxygen atoms in total. The average molecular weight is 332 g/mol. The molecule has 0 radical (unpaired) electrons. The molecule has 0 saturated carbocycles. The Morgan fingerprint density at radius 3 is 2.71 bits per heavy atom. The van der Waals surface area contributed by atoms with Gasteiger partial charge in [-0.15, -0.1) is 0 Å². The van der Waals surface area contributed by atoms with Gasteiger partial charge in [0, 0.05) is 24.0 Å². The number of carbonyl (C=O) groups excluding carboxylic acids is 1. The summed E-state index contributed by atoms with van der Waals surface area (Å²) in [6.45, 7) is 1.58. The molecule has 128 valence electrons. The van der Waals surface area contributed by atoms with Crippen molar-refractivity contribution < 1.29 is 19.7 Å². The minimum Gasteiger partial charge on any atom is -0.445 e. The summed E-state index contributed by atoms with van der Waals surface area (Å²) in [5.74, 6) is 0.0838. The summed E-state index contributed by atoms with van der Waals surface area (Å²) in [4.78, 5) is 19.3.